The zero-order valence-corrected chi connectivity index (χ0v) is 11.8. The lowest BCUT2D eigenvalue weighted by atomic mass is 9.86. The van der Waals surface area contributed by atoms with Gasteiger partial charge in [0.05, 0.1) is 5.70 Å². The molecule has 102 valence electrons. The van der Waals surface area contributed by atoms with Crippen molar-refractivity contribution in [3.05, 3.63) is 88.6 Å². The maximum absolute atomic E-state index is 12.8. The van der Waals surface area contributed by atoms with Crippen molar-refractivity contribution in [1.82, 2.24) is 5.32 Å². The van der Waals surface area contributed by atoms with Crippen LogP contribution in [0.4, 0.5) is 0 Å². The zero-order valence-electron chi connectivity index (χ0n) is 11.8. The highest BCUT2D eigenvalue weighted by Crippen LogP contribution is 2.42. The summed E-state index contributed by atoms with van der Waals surface area (Å²) in [5, 5.41) is 3.38. The summed E-state index contributed by atoms with van der Waals surface area (Å²) in [6.45, 7) is 2.05. The molecule has 1 N–H and O–H groups in total. The lowest BCUT2D eigenvalue weighted by Crippen LogP contribution is -2.20. The van der Waals surface area contributed by atoms with Crippen LogP contribution >= 0.6 is 0 Å². The monoisotopic (exact) mass is 273 g/mol. The highest BCUT2D eigenvalue weighted by Gasteiger charge is 2.36. The maximum atomic E-state index is 12.8. The third-order valence-corrected chi connectivity index (χ3v) is 4.16. The summed E-state index contributed by atoms with van der Waals surface area (Å²) in [5.74, 6) is 0.174. The van der Waals surface area contributed by atoms with Crippen LogP contribution in [0.25, 0.3) is 5.70 Å². The van der Waals surface area contributed by atoms with E-state index in [4.69, 9.17) is 0 Å². The van der Waals surface area contributed by atoms with Gasteiger partial charge in [-0.15, -0.1) is 0 Å². The van der Waals surface area contributed by atoms with Gasteiger partial charge in [-0.05, 0) is 12.5 Å². The summed E-state index contributed by atoms with van der Waals surface area (Å²) in [5.41, 5.74) is 5.92. The zero-order chi connectivity index (χ0) is 14.4. The van der Waals surface area contributed by atoms with Crippen molar-refractivity contribution in [3.63, 3.8) is 0 Å². The topological polar surface area (TPSA) is 29.1 Å². The van der Waals surface area contributed by atoms with Crippen molar-refractivity contribution in [2.24, 2.45) is 0 Å². The molecule has 1 aliphatic heterocycles. The molecular formula is C19H15NO. The Hall–Kier alpha value is -2.61. The van der Waals surface area contributed by atoms with Crippen molar-refractivity contribution in [1.29, 1.82) is 0 Å². The molecule has 0 fully saturated rings. The number of Topliss-reactive ketones (excluding diaryl/α,β-unsaturated/α-hetero) is 1. The van der Waals surface area contributed by atoms with E-state index in [0.717, 1.165) is 33.7 Å². The van der Waals surface area contributed by atoms with Gasteiger partial charge in [-0.25, -0.2) is 0 Å². The minimum absolute atomic E-state index is 0.0300. The lowest BCUT2D eigenvalue weighted by molar-refractivity contribution is 0.103. The van der Waals surface area contributed by atoms with Gasteiger partial charge in [-0.1, -0.05) is 60.7 Å². The molecule has 2 aromatic rings. The van der Waals surface area contributed by atoms with E-state index >= 15 is 0 Å². The summed E-state index contributed by atoms with van der Waals surface area (Å²) in [6, 6.07) is 18.0. The summed E-state index contributed by atoms with van der Waals surface area (Å²) in [7, 11) is 0. The molecule has 0 radical (unpaired) electrons. The molecule has 4 rings (SSSR count). The second kappa shape index (κ2) is 4.45. The van der Waals surface area contributed by atoms with Gasteiger partial charge in [0, 0.05) is 28.3 Å². The van der Waals surface area contributed by atoms with Crippen LogP contribution in [0.15, 0.2) is 71.9 Å². The number of hydrogen-bond donors (Lipinski definition) is 1. The number of carbonyl (C=O) groups excluding carboxylic acids is 1. The van der Waals surface area contributed by atoms with E-state index in [9.17, 15) is 4.79 Å². The molecule has 1 heterocycles. The van der Waals surface area contributed by atoms with Crippen LogP contribution in [-0.2, 0) is 0 Å². The van der Waals surface area contributed by atoms with Crippen molar-refractivity contribution >= 4 is 11.5 Å². The number of allylic oxidation sites excluding steroid dienone is 3. The van der Waals surface area contributed by atoms with Crippen LogP contribution in [0.5, 0.6) is 0 Å². The smallest absolute Gasteiger partial charge is 0.192 e. The molecule has 0 spiro atoms. The van der Waals surface area contributed by atoms with E-state index in [-0.39, 0.29) is 11.7 Å². The third-order valence-electron chi connectivity index (χ3n) is 4.16. The number of rotatable bonds is 1. The summed E-state index contributed by atoms with van der Waals surface area (Å²) in [4.78, 5) is 12.8. The fourth-order valence-electron chi connectivity index (χ4n) is 3.23. The average molecular weight is 273 g/mol. The second-order valence-corrected chi connectivity index (χ2v) is 5.53. The highest BCUT2D eigenvalue weighted by atomic mass is 16.1. The van der Waals surface area contributed by atoms with Gasteiger partial charge in [0.25, 0.3) is 0 Å². The Morgan fingerprint density at radius 1 is 0.905 bits per heavy atom. The Kier molecular flexibility index (Phi) is 2.58. The molecular weight excluding hydrogens is 258 g/mol. The fraction of sp³-hybridized carbons (Fsp3) is 0.105. The van der Waals surface area contributed by atoms with Gasteiger partial charge < -0.3 is 5.32 Å². The summed E-state index contributed by atoms with van der Waals surface area (Å²) in [6.07, 6.45) is 2.14. The van der Waals surface area contributed by atoms with Crippen molar-refractivity contribution in [2.45, 2.75) is 12.8 Å². The van der Waals surface area contributed by atoms with Crippen LogP contribution in [0.2, 0.25) is 0 Å². The minimum Gasteiger partial charge on any atom is -0.359 e. The first-order chi connectivity index (χ1) is 10.3. The lowest BCUT2D eigenvalue weighted by Gasteiger charge is -2.23. The molecule has 0 saturated carbocycles. The van der Waals surface area contributed by atoms with Crippen LogP contribution in [0, 0.1) is 0 Å². The minimum atomic E-state index is 0.0300. The van der Waals surface area contributed by atoms with E-state index in [2.05, 4.69) is 23.5 Å². The third kappa shape index (κ3) is 1.76. The molecule has 0 saturated heterocycles. The van der Waals surface area contributed by atoms with Crippen molar-refractivity contribution in [2.75, 3.05) is 0 Å². The van der Waals surface area contributed by atoms with Gasteiger partial charge >= 0.3 is 0 Å². The normalized spacial score (nSPS) is 19.8. The van der Waals surface area contributed by atoms with E-state index < -0.39 is 0 Å². The maximum Gasteiger partial charge on any atom is 0.192 e. The number of ketones is 1. The quantitative estimate of drug-likeness (QED) is 0.854. The molecule has 1 unspecified atom stereocenters. The van der Waals surface area contributed by atoms with Gasteiger partial charge in [0.15, 0.2) is 5.78 Å². The first-order valence-corrected chi connectivity index (χ1v) is 7.14. The summed E-state index contributed by atoms with van der Waals surface area (Å²) >= 11 is 0. The SMILES string of the molecule is CC1=CC(c2ccccc2)C2=C(N1)c1ccccc1C2=O. The van der Waals surface area contributed by atoms with Gasteiger partial charge in [0.1, 0.15) is 0 Å². The Morgan fingerprint density at radius 2 is 1.57 bits per heavy atom. The first kappa shape index (κ1) is 12.2. The number of dihydropyridines is 1. The largest absolute Gasteiger partial charge is 0.359 e. The molecule has 0 bridgehead atoms. The Morgan fingerprint density at radius 3 is 2.33 bits per heavy atom. The molecule has 21 heavy (non-hydrogen) atoms. The van der Waals surface area contributed by atoms with Crippen LogP contribution < -0.4 is 5.32 Å². The Bertz CT molecular complexity index is 799. The number of hydrogen-bond acceptors (Lipinski definition) is 2. The molecule has 2 nitrogen and oxygen atoms in total. The van der Waals surface area contributed by atoms with Gasteiger partial charge in [-0.3, -0.25) is 4.79 Å². The molecule has 0 amide bonds. The molecule has 2 aliphatic rings. The van der Waals surface area contributed by atoms with Crippen molar-refractivity contribution in [3.8, 4) is 0 Å². The predicted octanol–water partition coefficient (Wildman–Crippen LogP) is 3.88. The van der Waals surface area contributed by atoms with Crippen LogP contribution in [-0.4, -0.2) is 5.78 Å². The number of nitrogens with one attached hydrogen (secondary N) is 1. The van der Waals surface area contributed by atoms with Crippen molar-refractivity contribution < 1.29 is 4.79 Å². The highest BCUT2D eigenvalue weighted by molar-refractivity contribution is 6.21. The van der Waals surface area contributed by atoms with E-state index in [0.29, 0.717) is 0 Å². The molecule has 2 aromatic carbocycles. The number of benzene rings is 2. The second-order valence-electron chi connectivity index (χ2n) is 5.53. The molecule has 0 aromatic heterocycles. The first-order valence-electron chi connectivity index (χ1n) is 7.14. The van der Waals surface area contributed by atoms with E-state index in [1.54, 1.807) is 0 Å². The summed E-state index contributed by atoms with van der Waals surface area (Å²) < 4.78 is 0. The fourth-order valence-corrected chi connectivity index (χ4v) is 3.23. The average Bonchev–Trinajstić information content (AvgIpc) is 2.81. The Labute approximate surface area is 123 Å². The van der Waals surface area contributed by atoms with Gasteiger partial charge in [-0.2, -0.15) is 0 Å². The van der Waals surface area contributed by atoms with E-state index in [1.165, 1.54) is 0 Å². The standard InChI is InChI=1S/C19H15NO/c1-12-11-16(13-7-3-2-4-8-13)17-18(20-12)14-9-5-6-10-15(14)19(17)21/h2-11,16,20H,1H3. The van der Waals surface area contributed by atoms with Gasteiger partial charge in [0.2, 0.25) is 0 Å². The molecule has 1 atom stereocenters. The molecule has 2 heteroatoms. The Balaban J connectivity index is 1.91. The van der Waals surface area contributed by atoms with E-state index in [1.807, 2.05) is 49.4 Å². The number of fused-ring (bicyclic) bond motifs is 2. The van der Waals surface area contributed by atoms with Crippen LogP contribution in [0.1, 0.15) is 34.3 Å². The number of carbonyl (C=O) groups is 1. The van der Waals surface area contributed by atoms with Crippen LogP contribution in [0.3, 0.4) is 0 Å². The molecule has 1 aliphatic carbocycles. The predicted molar refractivity (Wildman–Crippen MR) is 83.8 cm³/mol.